The van der Waals surface area contributed by atoms with E-state index in [-0.39, 0.29) is 12.1 Å². The molecule has 1 aromatic heterocycles. The quantitative estimate of drug-likeness (QED) is 0.592. The number of aryl methyl sites for hydroxylation is 1. The molecule has 5 nitrogen and oxygen atoms in total. The second kappa shape index (κ2) is 8.25. The predicted octanol–water partition coefficient (Wildman–Crippen LogP) is 4.48. The van der Waals surface area contributed by atoms with E-state index in [4.69, 9.17) is 9.47 Å². The third-order valence-corrected chi connectivity index (χ3v) is 4.99. The summed E-state index contributed by atoms with van der Waals surface area (Å²) in [5.74, 6) is 1.61. The van der Waals surface area contributed by atoms with E-state index >= 15 is 0 Å². The van der Waals surface area contributed by atoms with Crippen LogP contribution in [0.15, 0.2) is 48.7 Å². The molecule has 0 aliphatic heterocycles. The minimum absolute atomic E-state index is 0.192. The lowest BCUT2D eigenvalue weighted by Crippen LogP contribution is -2.49. The van der Waals surface area contributed by atoms with Gasteiger partial charge in [-0.1, -0.05) is 18.2 Å². The summed E-state index contributed by atoms with van der Waals surface area (Å²) in [5, 5.41) is 12.0. The number of aliphatic hydroxyl groups excluding tert-OH is 1. The van der Waals surface area contributed by atoms with Crippen molar-refractivity contribution < 1.29 is 14.6 Å². The lowest BCUT2D eigenvalue weighted by molar-refractivity contribution is -0.0783. The van der Waals surface area contributed by atoms with Gasteiger partial charge in [0.1, 0.15) is 24.3 Å². The molecule has 5 heteroatoms. The van der Waals surface area contributed by atoms with Gasteiger partial charge in [-0.15, -0.1) is 0 Å². The smallest absolute Gasteiger partial charge is 0.142 e. The maximum Gasteiger partial charge on any atom is 0.142 e. The van der Waals surface area contributed by atoms with Crippen LogP contribution in [-0.4, -0.2) is 40.5 Å². The van der Waals surface area contributed by atoms with Crippen LogP contribution in [0.1, 0.15) is 31.9 Å². The lowest BCUT2D eigenvalue weighted by Gasteiger charge is -2.39. The molecular weight excluding hydrogens is 352 g/mol. The van der Waals surface area contributed by atoms with Crippen molar-refractivity contribution >= 4 is 10.9 Å². The fourth-order valence-electron chi connectivity index (χ4n) is 3.41. The van der Waals surface area contributed by atoms with Gasteiger partial charge in [0.05, 0.1) is 7.11 Å². The topological polar surface area (TPSA) is 57.7 Å². The minimum Gasteiger partial charge on any atom is -0.497 e. The van der Waals surface area contributed by atoms with Crippen molar-refractivity contribution in [1.29, 1.82) is 0 Å². The van der Waals surface area contributed by atoms with Crippen LogP contribution >= 0.6 is 0 Å². The number of H-pyrrole nitrogens is 1. The second-order valence-electron chi connectivity index (χ2n) is 8.09. The third-order valence-electron chi connectivity index (χ3n) is 4.99. The Kier molecular flexibility index (Phi) is 5.96. The summed E-state index contributed by atoms with van der Waals surface area (Å²) in [6.45, 7) is 9.14. The van der Waals surface area contributed by atoms with E-state index in [1.165, 1.54) is 0 Å². The number of hydrogen-bond donors (Lipinski definition) is 2. The van der Waals surface area contributed by atoms with E-state index in [1.807, 2.05) is 60.5 Å². The number of rotatable bonds is 7. The van der Waals surface area contributed by atoms with Crippen LogP contribution in [0, 0.1) is 6.92 Å². The summed E-state index contributed by atoms with van der Waals surface area (Å²) < 4.78 is 11.3. The van der Waals surface area contributed by atoms with Gasteiger partial charge in [0.25, 0.3) is 0 Å². The van der Waals surface area contributed by atoms with E-state index in [2.05, 4.69) is 25.8 Å². The molecule has 2 N–H and O–H groups in total. The number of hydrogen-bond acceptors (Lipinski definition) is 4. The van der Waals surface area contributed by atoms with Gasteiger partial charge in [-0.3, -0.25) is 4.90 Å². The molecule has 150 valence electrons. The molecule has 3 aromatic rings. The Bertz CT molecular complexity index is 910. The van der Waals surface area contributed by atoms with Crippen LogP contribution in [0.4, 0.5) is 0 Å². The number of benzene rings is 2. The molecule has 0 saturated carbocycles. The molecule has 0 amide bonds. The van der Waals surface area contributed by atoms with Crippen LogP contribution in [0.25, 0.3) is 10.9 Å². The van der Waals surface area contributed by atoms with Crippen LogP contribution in [0.2, 0.25) is 0 Å². The first-order valence-corrected chi connectivity index (χ1v) is 9.57. The van der Waals surface area contributed by atoms with Crippen molar-refractivity contribution in [3.63, 3.8) is 0 Å². The number of fused-ring (bicyclic) bond motifs is 1. The van der Waals surface area contributed by atoms with Crippen molar-refractivity contribution in [2.75, 3.05) is 13.7 Å². The molecule has 28 heavy (non-hydrogen) atoms. The fraction of sp³-hybridized carbons (Fsp3) is 0.391. The number of nitrogens with one attached hydrogen (secondary N) is 1. The van der Waals surface area contributed by atoms with E-state index in [9.17, 15) is 5.11 Å². The van der Waals surface area contributed by atoms with E-state index < -0.39 is 6.23 Å². The highest BCUT2D eigenvalue weighted by Crippen LogP contribution is 2.29. The largest absolute Gasteiger partial charge is 0.497 e. The third kappa shape index (κ3) is 4.49. The van der Waals surface area contributed by atoms with Gasteiger partial charge in [-0.05, 0) is 63.1 Å². The van der Waals surface area contributed by atoms with Gasteiger partial charge in [0, 0.05) is 29.2 Å². The first kappa shape index (κ1) is 20.2. The van der Waals surface area contributed by atoms with Crippen LogP contribution in [0.3, 0.4) is 0 Å². The Hall–Kier alpha value is -2.50. The van der Waals surface area contributed by atoms with Crippen LogP contribution in [0.5, 0.6) is 11.5 Å². The van der Waals surface area contributed by atoms with E-state index in [0.29, 0.717) is 6.54 Å². The molecule has 3 rings (SSSR count). The predicted molar refractivity (Wildman–Crippen MR) is 113 cm³/mol. The zero-order chi connectivity index (χ0) is 20.3. The lowest BCUT2D eigenvalue weighted by atomic mass is 10.0. The van der Waals surface area contributed by atoms with Crippen LogP contribution in [-0.2, 0) is 6.54 Å². The molecule has 0 radical (unpaired) electrons. The Morgan fingerprint density at radius 2 is 1.82 bits per heavy atom. The molecule has 1 atom stereocenters. The number of methoxy groups -OCH3 is 1. The van der Waals surface area contributed by atoms with Crippen molar-refractivity contribution in [1.82, 2.24) is 9.88 Å². The highest BCUT2D eigenvalue weighted by molar-refractivity contribution is 5.89. The molecule has 0 aliphatic rings. The van der Waals surface area contributed by atoms with E-state index in [0.717, 1.165) is 33.5 Å². The number of aromatic amines is 1. The standard InChI is InChI=1S/C23H30N2O3/c1-16-13-24-19-7-6-8-20(22(16)19)28-15-21(26)25(23(2,3)4)14-17-9-11-18(27-5)12-10-17/h6-13,21,24,26H,14-15H2,1-5H3/t21-/m1/s1. The number of nitrogens with zero attached hydrogens (tertiary/aromatic N) is 1. The first-order chi connectivity index (χ1) is 13.3. The Morgan fingerprint density at radius 1 is 1.11 bits per heavy atom. The van der Waals surface area contributed by atoms with Crippen molar-refractivity contribution in [3.8, 4) is 11.5 Å². The zero-order valence-electron chi connectivity index (χ0n) is 17.3. The number of aromatic nitrogens is 1. The summed E-state index contributed by atoms with van der Waals surface area (Å²) in [6.07, 6.45) is 1.23. The Morgan fingerprint density at radius 3 is 2.46 bits per heavy atom. The molecule has 0 spiro atoms. The van der Waals surface area contributed by atoms with Crippen molar-refractivity contribution in [2.24, 2.45) is 0 Å². The molecule has 1 heterocycles. The SMILES string of the molecule is COc1ccc(CN([C@H](O)COc2cccc3[nH]cc(C)c23)C(C)(C)C)cc1. The monoisotopic (exact) mass is 382 g/mol. The van der Waals surface area contributed by atoms with E-state index in [1.54, 1.807) is 7.11 Å². The summed E-state index contributed by atoms with van der Waals surface area (Å²) >= 11 is 0. The zero-order valence-corrected chi connectivity index (χ0v) is 17.3. The Balaban J connectivity index is 1.74. The molecule has 0 saturated heterocycles. The van der Waals surface area contributed by atoms with Gasteiger partial charge in [-0.2, -0.15) is 0 Å². The molecule has 2 aromatic carbocycles. The summed E-state index contributed by atoms with van der Waals surface area (Å²) in [7, 11) is 1.66. The van der Waals surface area contributed by atoms with Gasteiger partial charge in [0.2, 0.25) is 0 Å². The maximum atomic E-state index is 10.9. The number of ether oxygens (including phenoxy) is 2. The maximum absolute atomic E-state index is 10.9. The molecule has 0 bridgehead atoms. The van der Waals surface area contributed by atoms with Crippen LogP contribution < -0.4 is 9.47 Å². The fourth-order valence-corrected chi connectivity index (χ4v) is 3.41. The average Bonchev–Trinajstić information content (AvgIpc) is 3.05. The minimum atomic E-state index is -0.739. The highest BCUT2D eigenvalue weighted by atomic mass is 16.5. The second-order valence-corrected chi connectivity index (χ2v) is 8.09. The van der Waals surface area contributed by atoms with Gasteiger partial charge >= 0.3 is 0 Å². The van der Waals surface area contributed by atoms with Gasteiger partial charge in [-0.25, -0.2) is 0 Å². The summed E-state index contributed by atoms with van der Waals surface area (Å²) in [6, 6.07) is 13.9. The summed E-state index contributed by atoms with van der Waals surface area (Å²) in [5.41, 5.74) is 3.05. The highest BCUT2D eigenvalue weighted by Gasteiger charge is 2.28. The van der Waals surface area contributed by atoms with Crippen molar-refractivity contribution in [2.45, 2.75) is 46.0 Å². The first-order valence-electron chi connectivity index (χ1n) is 9.57. The summed E-state index contributed by atoms with van der Waals surface area (Å²) in [4.78, 5) is 5.28. The average molecular weight is 383 g/mol. The normalized spacial score (nSPS) is 13.1. The van der Waals surface area contributed by atoms with Crippen molar-refractivity contribution in [3.05, 3.63) is 59.8 Å². The van der Waals surface area contributed by atoms with Gasteiger partial charge < -0.3 is 19.6 Å². The number of aliphatic hydroxyl groups is 1. The molecule has 0 fully saturated rings. The molecule has 0 aliphatic carbocycles. The molecular formula is C23H30N2O3. The molecule has 0 unspecified atom stereocenters. The Labute approximate surface area is 166 Å². The van der Waals surface area contributed by atoms with Gasteiger partial charge in [0.15, 0.2) is 0 Å².